The van der Waals surface area contributed by atoms with Crippen LogP contribution in [0.2, 0.25) is 0 Å². The lowest BCUT2D eigenvalue weighted by atomic mass is 10.0. The fourth-order valence-corrected chi connectivity index (χ4v) is 7.15. The molecule has 4 amide bonds. The van der Waals surface area contributed by atoms with Gasteiger partial charge < -0.3 is 30.7 Å². The molecule has 0 radical (unpaired) electrons. The monoisotopic (exact) mass is 688 g/mol. The molecule has 49 heavy (non-hydrogen) atoms. The first-order chi connectivity index (χ1) is 23.7. The molecular formula is C34H40N8O6S. The van der Waals surface area contributed by atoms with Crippen molar-refractivity contribution in [3.05, 3.63) is 60.6 Å². The lowest BCUT2D eigenvalue weighted by Crippen LogP contribution is -2.57. The summed E-state index contributed by atoms with van der Waals surface area (Å²) in [5.74, 6) is -1.77. The van der Waals surface area contributed by atoms with E-state index in [1.54, 1.807) is 13.3 Å². The first-order valence-electron chi connectivity index (χ1n) is 16.4. The van der Waals surface area contributed by atoms with E-state index in [1.807, 2.05) is 41.8 Å². The van der Waals surface area contributed by atoms with Gasteiger partial charge in [0, 0.05) is 42.6 Å². The second kappa shape index (κ2) is 14.6. The van der Waals surface area contributed by atoms with E-state index in [0.29, 0.717) is 35.0 Å². The van der Waals surface area contributed by atoms with Crippen molar-refractivity contribution in [3.63, 3.8) is 0 Å². The Morgan fingerprint density at radius 2 is 1.98 bits per heavy atom. The van der Waals surface area contributed by atoms with Crippen LogP contribution in [-0.2, 0) is 14.4 Å². The van der Waals surface area contributed by atoms with Gasteiger partial charge in [-0.15, -0.1) is 23.0 Å². The van der Waals surface area contributed by atoms with Gasteiger partial charge in [0.15, 0.2) is 0 Å². The summed E-state index contributed by atoms with van der Waals surface area (Å²) in [6.45, 7) is 3.91. The van der Waals surface area contributed by atoms with Crippen molar-refractivity contribution in [2.75, 3.05) is 20.2 Å². The normalized spacial score (nSPS) is 26.3. The number of aromatic nitrogens is 4. The van der Waals surface area contributed by atoms with Gasteiger partial charge >= 0.3 is 12.0 Å². The van der Waals surface area contributed by atoms with Crippen molar-refractivity contribution < 1.29 is 29.0 Å². The van der Waals surface area contributed by atoms with Crippen LogP contribution < -0.4 is 20.7 Å². The van der Waals surface area contributed by atoms with Gasteiger partial charge in [0.05, 0.1) is 13.2 Å². The smallest absolute Gasteiger partial charge is 0.330 e. The molecule has 4 heterocycles. The summed E-state index contributed by atoms with van der Waals surface area (Å²) in [5, 5.41) is 30.6. The van der Waals surface area contributed by atoms with Crippen LogP contribution in [0.15, 0.2) is 60.6 Å². The summed E-state index contributed by atoms with van der Waals surface area (Å²) in [5.41, 5.74) is 0.474. The first kappa shape index (κ1) is 33.8. The number of amides is 4. The predicted octanol–water partition coefficient (Wildman–Crippen LogP) is 3.55. The molecule has 2 aromatic heterocycles. The van der Waals surface area contributed by atoms with E-state index >= 15 is 0 Å². The molecule has 0 bridgehead atoms. The number of nitrogens with zero attached hydrogens (tertiary/aromatic N) is 5. The van der Waals surface area contributed by atoms with Crippen LogP contribution in [0, 0.1) is 5.92 Å². The molecule has 1 saturated heterocycles. The number of methoxy groups -OCH3 is 1. The van der Waals surface area contributed by atoms with Crippen molar-refractivity contribution in [1.29, 1.82) is 0 Å². The third kappa shape index (κ3) is 7.21. The number of nitrogens with one attached hydrogen (secondary N) is 3. The average Bonchev–Trinajstić information content (AvgIpc) is 3.55. The number of carbonyl (C=O) groups excluding carboxylic acids is 3. The third-order valence-corrected chi connectivity index (χ3v) is 10.1. The Balaban J connectivity index is 1.35. The molecule has 0 spiro atoms. The molecule has 3 aromatic rings. The highest BCUT2D eigenvalue weighted by Crippen LogP contribution is 2.45. The summed E-state index contributed by atoms with van der Waals surface area (Å²) < 4.78 is 5.32. The Kier molecular flexibility index (Phi) is 10.1. The summed E-state index contributed by atoms with van der Waals surface area (Å²) in [6, 6.07) is 4.41. The molecule has 1 aromatic carbocycles. The van der Waals surface area contributed by atoms with Crippen LogP contribution in [0.5, 0.6) is 5.75 Å². The average molecular weight is 689 g/mol. The summed E-state index contributed by atoms with van der Waals surface area (Å²) >= 11 is 1.41. The standard InChI is InChI=1S/C34H40N8O6S/c1-3-15-36-33(47)37-25-10-8-6-4-5-7-9-22-19-34(22,32(45)46)38-29(43)26-18-23(20-41(26)31(25)44)42-39-27(21-11-13-24(48-2)14-12-21)28(40-42)30-35-16-17-49-30/h3,7,9,11-14,16-17,22-23,25-26H,1,4-6,8,10,15,18-20H2,2H3,(H,38,43)(H,45,46)(H2,36,37,47)/b9-7-/t22-,23-,25-,26+,34+/m1/s1. The fourth-order valence-electron chi connectivity index (χ4n) is 6.53. The summed E-state index contributed by atoms with van der Waals surface area (Å²) in [6.07, 6.45) is 10.9. The van der Waals surface area contributed by atoms with Gasteiger partial charge in [0.1, 0.15) is 39.8 Å². The van der Waals surface area contributed by atoms with Gasteiger partial charge in [-0.25, -0.2) is 14.6 Å². The van der Waals surface area contributed by atoms with Crippen LogP contribution in [0.4, 0.5) is 4.79 Å². The molecule has 2 fully saturated rings. The zero-order valence-electron chi connectivity index (χ0n) is 27.2. The van der Waals surface area contributed by atoms with Crippen LogP contribution >= 0.6 is 11.3 Å². The molecule has 4 N–H and O–H groups in total. The summed E-state index contributed by atoms with van der Waals surface area (Å²) in [4.78, 5) is 61.0. The molecule has 2 aliphatic heterocycles. The Bertz CT molecular complexity index is 1720. The number of fused-ring (bicyclic) bond motifs is 2. The second-order valence-corrected chi connectivity index (χ2v) is 13.4. The van der Waals surface area contributed by atoms with Gasteiger partial charge in [0.2, 0.25) is 11.8 Å². The minimum atomic E-state index is -1.44. The Morgan fingerprint density at radius 3 is 2.69 bits per heavy atom. The van der Waals surface area contributed by atoms with Crippen molar-refractivity contribution >= 4 is 35.2 Å². The van der Waals surface area contributed by atoms with Crippen LogP contribution in [0.25, 0.3) is 22.0 Å². The van der Waals surface area contributed by atoms with Crippen molar-refractivity contribution in [2.24, 2.45) is 5.92 Å². The van der Waals surface area contributed by atoms with Gasteiger partial charge in [-0.3, -0.25) is 9.59 Å². The number of carbonyl (C=O) groups is 4. The minimum absolute atomic E-state index is 0.0703. The molecule has 14 nitrogen and oxygen atoms in total. The highest BCUT2D eigenvalue weighted by atomic mass is 32.1. The molecule has 258 valence electrons. The number of carboxylic acid groups (broad SMARTS) is 1. The molecule has 5 atom stereocenters. The number of rotatable bonds is 8. The van der Waals surface area contributed by atoms with Crippen molar-refractivity contribution in [1.82, 2.24) is 40.8 Å². The molecule has 15 heteroatoms. The highest BCUT2D eigenvalue weighted by molar-refractivity contribution is 7.13. The maximum absolute atomic E-state index is 14.3. The van der Waals surface area contributed by atoms with E-state index in [4.69, 9.17) is 14.9 Å². The maximum atomic E-state index is 14.3. The number of carboxylic acids is 1. The molecule has 6 rings (SSSR count). The van der Waals surface area contributed by atoms with E-state index in [0.717, 1.165) is 24.8 Å². The topological polar surface area (TPSA) is 181 Å². The number of hydrogen-bond acceptors (Lipinski definition) is 9. The first-order valence-corrected chi connectivity index (χ1v) is 17.3. The number of hydrogen-bond donors (Lipinski definition) is 4. The number of ether oxygens (including phenoxy) is 1. The van der Waals surface area contributed by atoms with Gasteiger partial charge in [-0.2, -0.15) is 9.90 Å². The minimum Gasteiger partial charge on any atom is -0.497 e. The van der Waals surface area contributed by atoms with Gasteiger partial charge in [-0.1, -0.05) is 31.1 Å². The van der Waals surface area contributed by atoms with E-state index in [-0.39, 0.29) is 31.8 Å². The van der Waals surface area contributed by atoms with Gasteiger partial charge in [-0.05, 0) is 49.9 Å². The third-order valence-electron chi connectivity index (χ3n) is 9.30. The van der Waals surface area contributed by atoms with Gasteiger partial charge in [0.25, 0.3) is 0 Å². The predicted molar refractivity (Wildman–Crippen MR) is 182 cm³/mol. The fraction of sp³-hybridized carbons (Fsp3) is 0.441. The van der Waals surface area contributed by atoms with Crippen molar-refractivity contribution in [2.45, 2.75) is 68.6 Å². The van der Waals surface area contributed by atoms with Crippen LogP contribution in [-0.4, -0.2) is 91.6 Å². The number of allylic oxidation sites excluding steroid dienone is 1. The molecule has 3 aliphatic rings. The molecular weight excluding hydrogens is 648 g/mol. The number of benzene rings is 1. The van der Waals surface area contributed by atoms with E-state index in [1.165, 1.54) is 27.1 Å². The maximum Gasteiger partial charge on any atom is 0.330 e. The SMILES string of the molecule is C=CCNC(=O)N[C@@H]1CCCCC/C=C\[C@@H]2C[C@]2(C(=O)O)NC(=O)[C@@H]2C[C@@H](n3nc(-c4ccc(OC)cc4)c(-c4nccs4)n3)CN2C1=O. The van der Waals surface area contributed by atoms with E-state index in [9.17, 15) is 24.3 Å². The second-order valence-electron chi connectivity index (χ2n) is 12.5. The Hall–Kier alpha value is -5.05. The van der Waals surface area contributed by atoms with Crippen LogP contribution in [0.3, 0.4) is 0 Å². The van der Waals surface area contributed by atoms with E-state index < -0.39 is 47.5 Å². The zero-order chi connectivity index (χ0) is 34.5. The Labute approximate surface area is 287 Å². The highest BCUT2D eigenvalue weighted by Gasteiger charge is 2.61. The lowest BCUT2D eigenvalue weighted by molar-refractivity contribution is -0.145. The largest absolute Gasteiger partial charge is 0.497 e. The molecule has 0 unspecified atom stereocenters. The number of aliphatic carboxylic acids is 1. The number of urea groups is 1. The molecule has 1 saturated carbocycles. The quantitative estimate of drug-likeness (QED) is 0.258. The van der Waals surface area contributed by atoms with Crippen LogP contribution in [0.1, 0.15) is 51.0 Å². The van der Waals surface area contributed by atoms with Crippen molar-refractivity contribution in [3.8, 4) is 27.7 Å². The summed E-state index contributed by atoms with van der Waals surface area (Å²) in [7, 11) is 1.59. The lowest BCUT2D eigenvalue weighted by Gasteiger charge is -2.29. The number of thiazole rings is 1. The molecule has 1 aliphatic carbocycles. The Morgan fingerprint density at radius 1 is 1.18 bits per heavy atom. The zero-order valence-corrected chi connectivity index (χ0v) is 28.0. The van der Waals surface area contributed by atoms with E-state index in [2.05, 4.69) is 27.5 Å².